The molecule has 1 aromatic heterocycles. The number of ether oxygens (including phenoxy) is 1. The first kappa shape index (κ1) is 15.7. The van der Waals surface area contributed by atoms with E-state index in [9.17, 15) is 4.79 Å². The van der Waals surface area contributed by atoms with E-state index in [1.807, 2.05) is 13.8 Å². The Morgan fingerprint density at radius 2 is 2.33 bits per heavy atom. The van der Waals surface area contributed by atoms with Gasteiger partial charge in [0.15, 0.2) is 0 Å². The molecule has 1 amide bonds. The monoisotopic (exact) mass is 292 g/mol. The third kappa shape index (κ3) is 4.41. The van der Waals surface area contributed by atoms with Gasteiger partial charge in [0.2, 0.25) is 0 Å². The molecule has 1 fully saturated rings. The van der Waals surface area contributed by atoms with E-state index in [0.717, 1.165) is 18.8 Å². The third-order valence-electron chi connectivity index (χ3n) is 3.55. The van der Waals surface area contributed by atoms with Crippen molar-refractivity contribution in [1.29, 1.82) is 0 Å². The maximum Gasteiger partial charge on any atom is 0.251 e. The van der Waals surface area contributed by atoms with Gasteiger partial charge in [-0.2, -0.15) is 0 Å². The van der Waals surface area contributed by atoms with Crippen LogP contribution in [0.15, 0.2) is 12.1 Å². The van der Waals surface area contributed by atoms with Crippen molar-refractivity contribution in [2.75, 3.05) is 39.0 Å². The summed E-state index contributed by atoms with van der Waals surface area (Å²) in [6.45, 7) is 7.02. The fourth-order valence-electron chi connectivity index (χ4n) is 2.30. The van der Waals surface area contributed by atoms with Crippen LogP contribution in [-0.4, -0.2) is 55.2 Å². The number of rotatable bonds is 4. The van der Waals surface area contributed by atoms with E-state index < -0.39 is 0 Å². The highest BCUT2D eigenvalue weighted by Gasteiger charge is 2.19. The molecule has 0 radical (unpaired) electrons. The second kappa shape index (κ2) is 6.87. The lowest BCUT2D eigenvalue weighted by atomic mass is 10.1. The summed E-state index contributed by atoms with van der Waals surface area (Å²) in [5.74, 6) is 0.471. The fraction of sp³-hybridized carbons (Fsp3) is 0.600. The van der Waals surface area contributed by atoms with Crippen LogP contribution in [0.2, 0.25) is 0 Å². The number of morpholine rings is 1. The van der Waals surface area contributed by atoms with Crippen molar-refractivity contribution in [3.05, 3.63) is 23.4 Å². The molecule has 6 heteroatoms. The summed E-state index contributed by atoms with van der Waals surface area (Å²) in [6.07, 6.45) is 0.0384. The van der Waals surface area contributed by atoms with Crippen molar-refractivity contribution in [2.45, 2.75) is 25.9 Å². The van der Waals surface area contributed by atoms with E-state index in [2.05, 4.69) is 22.2 Å². The van der Waals surface area contributed by atoms with E-state index in [0.29, 0.717) is 24.5 Å². The molecule has 0 bridgehead atoms. The van der Waals surface area contributed by atoms with E-state index in [-0.39, 0.29) is 17.9 Å². The second-order valence-electron chi connectivity index (χ2n) is 5.83. The smallest absolute Gasteiger partial charge is 0.251 e. The van der Waals surface area contributed by atoms with Crippen LogP contribution >= 0.6 is 0 Å². The number of pyridine rings is 1. The Kier molecular flexibility index (Phi) is 5.14. The zero-order valence-electron chi connectivity index (χ0n) is 12.9. The summed E-state index contributed by atoms with van der Waals surface area (Å²) >= 11 is 0. The second-order valence-corrected chi connectivity index (χ2v) is 5.83. The first-order valence-electron chi connectivity index (χ1n) is 7.31. The molecule has 116 valence electrons. The fourth-order valence-corrected chi connectivity index (χ4v) is 2.30. The molecule has 6 nitrogen and oxygen atoms in total. The summed E-state index contributed by atoms with van der Waals surface area (Å²) < 4.78 is 5.63. The van der Waals surface area contributed by atoms with Gasteiger partial charge in [0.05, 0.1) is 12.7 Å². The zero-order chi connectivity index (χ0) is 15.4. The molecule has 0 spiro atoms. The van der Waals surface area contributed by atoms with Crippen molar-refractivity contribution in [3.63, 3.8) is 0 Å². The molecular weight excluding hydrogens is 268 g/mol. The Balaban J connectivity index is 1.96. The Hall–Kier alpha value is -1.66. The number of carbonyl (C=O) groups is 1. The number of carbonyl (C=O) groups excluding carboxylic acids is 1. The standard InChI is InChI=1S/C15H24N4O2/c1-10(2)13-6-11(7-14(16)18-13)15(20)17-8-12-9-19(3)4-5-21-12/h6-7,10,12H,4-5,8-9H2,1-3H3,(H2,16,18)(H,17,20). The topological polar surface area (TPSA) is 80.5 Å². The summed E-state index contributed by atoms with van der Waals surface area (Å²) in [5, 5.41) is 2.91. The lowest BCUT2D eigenvalue weighted by Crippen LogP contribution is -2.45. The molecule has 21 heavy (non-hydrogen) atoms. The number of amides is 1. The molecule has 1 unspecified atom stereocenters. The number of hydrogen-bond donors (Lipinski definition) is 2. The molecule has 1 atom stereocenters. The van der Waals surface area contributed by atoms with Crippen molar-refractivity contribution in [3.8, 4) is 0 Å². The average Bonchev–Trinajstić information content (AvgIpc) is 2.44. The summed E-state index contributed by atoms with van der Waals surface area (Å²) in [5.41, 5.74) is 7.15. The van der Waals surface area contributed by atoms with Crippen LogP contribution in [0.1, 0.15) is 35.8 Å². The molecular formula is C15H24N4O2. The number of nitrogens with zero attached hydrogens (tertiary/aromatic N) is 2. The number of likely N-dealkylation sites (N-methyl/N-ethyl adjacent to an activating group) is 1. The molecule has 1 saturated heterocycles. The third-order valence-corrected chi connectivity index (χ3v) is 3.55. The maximum atomic E-state index is 12.2. The first-order chi connectivity index (χ1) is 9.95. The van der Waals surface area contributed by atoms with Crippen molar-refractivity contribution < 1.29 is 9.53 Å². The van der Waals surface area contributed by atoms with Gasteiger partial charge in [-0.05, 0) is 25.1 Å². The highest BCUT2D eigenvalue weighted by Crippen LogP contribution is 2.16. The molecule has 1 aromatic rings. The van der Waals surface area contributed by atoms with Gasteiger partial charge < -0.3 is 20.7 Å². The highest BCUT2D eigenvalue weighted by atomic mass is 16.5. The maximum absolute atomic E-state index is 12.2. The molecule has 1 aliphatic rings. The van der Waals surface area contributed by atoms with Crippen LogP contribution in [0.25, 0.3) is 0 Å². The van der Waals surface area contributed by atoms with Gasteiger partial charge >= 0.3 is 0 Å². The van der Waals surface area contributed by atoms with Gasteiger partial charge in [-0.1, -0.05) is 13.8 Å². The number of nitrogens with one attached hydrogen (secondary N) is 1. The number of hydrogen-bond acceptors (Lipinski definition) is 5. The summed E-state index contributed by atoms with van der Waals surface area (Å²) in [7, 11) is 2.05. The predicted octanol–water partition coefficient (Wildman–Crippen LogP) is 0.848. The van der Waals surface area contributed by atoms with E-state index in [1.165, 1.54) is 0 Å². The normalized spacial score (nSPS) is 19.7. The van der Waals surface area contributed by atoms with Crippen LogP contribution in [0.4, 0.5) is 5.82 Å². The molecule has 0 aromatic carbocycles. The van der Waals surface area contributed by atoms with Gasteiger partial charge in [0.1, 0.15) is 5.82 Å². The van der Waals surface area contributed by atoms with Crippen LogP contribution in [0.3, 0.4) is 0 Å². The van der Waals surface area contributed by atoms with E-state index >= 15 is 0 Å². The SMILES string of the molecule is CC(C)c1cc(C(=O)NCC2CN(C)CCO2)cc(N)n1. The molecule has 2 heterocycles. The van der Waals surface area contributed by atoms with Crippen molar-refractivity contribution in [2.24, 2.45) is 0 Å². The summed E-state index contributed by atoms with van der Waals surface area (Å²) in [4.78, 5) is 18.7. The van der Waals surface area contributed by atoms with Gasteiger partial charge in [-0.25, -0.2) is 4.98 Å². The lowest BCUT2D eigenvalue weighted by molar-refractivity contribution is -0.0175. The van der Waals surface area contributed by atoms with Gasteiger partial charge in [-0.15, -0.1) is 0 Å². The Morgan fingerprint density at radius 3 is 3.00 bits per heavy atom. The number of aromatic nitrogens is 1. The largest absolute Gasteiger partial charge is 0.384 e. The minimum absolute atomic E-state index is 0.0384. The lowest BCUT2D eigenvalue weighted by Gasteiger charge is -2.30. The van der Waals surface area contributed by atoms with Crippen LogP contribution in [0.5, 0.6) is 0 Å². The van der Waals surface area contributed by atoms with Crippen molar-refractivity contribution >= 4 is 11.7 Å². The zero-order valence-corrected chi connectivity index (χ0v) is 12.9. The minimum atomic E-state index is -0.136. The highest BCUT2D eigenvalue weighted by molar-refractivity contribution is 5.94. The quantitative estimate of drug-likeness (QED) is 0.860. The van der Waals surface area contributed by atoms with Gasteiger partial charge in [-0.3, -0.25) is 4.79 Å². The van der Waals surface area contributed by atoms with Gasteiger partial charge in [0.25, 0.3) is 5.91 Å². The van der Waals surface area contributed by atoms with E-state index in [4.69, 9.17) is 10.5 Å². The molecule has 0 saturated carbocycles. The molecule has 2 rings (SSSR count). The molecule has 3 N–H and O–H groups in total. The minimum Gasteiger partial charge on any atom is -0.384 e. The number of nitrogens with two attached hydrogens (primary N) is 1. The van der Waals surface area contributed by atoms with Crippen LogP contribution < -0.4 is 11.1 Å². The Labute approximate surface area is 125 Å². The van der Waals surface area contributed by atoms with Crippen molar-refractivity contribution in [1.82, 2.24) is 15.2 Å². The van der Waals surface area contributed by atoms with Crippen LogP contribution in [-0.2, 0) is 4.74 Å². The van der Waals surface area contributed by atoms with Gasteiger partial charge in [0, 0.05) is 30.9 Å². The first-order valence-corrected chi connectivity index (χ1v) is 7.31. The summed E-state index contributed by atoms with van der Waals surface area (Å²) in [6, 6.07) is 3.40. The van der Waals surface area contributed by atoms with Crippen LogP contribution in [0, 0.1) is 0 Å². The number of anilines is 1. The average molecular weight is 292 g/mol. The van der Waals surface area contributed by atoms with E-state index in [1.54, 1.807) is 12.1 Å². The molecule has 1 aliphatic heterocycles. The Morgan fingerprint density at radius 1 is 1.57 bits per heavy atom. The molecule has 0 aliphatic carbocycles. The predicted molar refractivity (Wildman–Crippen MR) is 82.3 cm³/mol. The Bertz CT molecular complexity index is 504. The number of nitrogen functional groups attached to an aromatic ring is 1.